The van der Waals surface area contributed by atoms with Gasteiger partial charge in [0.25, 0.3) is 0 Å². The second-order valence-corrected chi connectivity index (χ2v) is 10.2. The zero-order chi connectivity index (χ0) is 24.3. The van der Waals surface area contributed by atoms with Crippen molar-refractivity contribution in [2.75, 3.05) is 6.61 Å². The number of unbranched alkanes of at least 4 members (excludes halogenated alkanes) is 11. The normalized spacial score (nSPS) is 12.1. The van der Waals surface area contributed by atoms with Gasteiger partial charge in [0.05, 0.1) is 12.3 Å². The molecule has 0 bridgehead atoms. The van der Waals surface area contributed by atoms with E-state index in [1.54, 1.807) is 0 Å². The van der Waals surface area contributed by atoms with Gasteiger partial charge in [0.15, 0.2) is 0 Å². The average molecular weight is 466 g/mol. The van der Waals surface area contributed by atoms with E-state index in [0.29, 0.717) is 0 Å². The number of benzene rings is 1. The third-order valence-corrected chi connectivity index (χ3v) is 7.10. The van der Waals surface area contributed by atoms with E-state index in [2.05, 4.69) is 62.2 Å². The van der Waals surface area contributed by atoms with Crippen molar-refractivity contribution in [1.29, 1.82) is 0 Å². The van der Waals surface area contributed by atoms with Crippen molar-refractivity contribution in [3.8, 4) is 17.0 Å². The van der Waals surface area contributed by atoms with Crippen molar-refractivity contribution >= 4 is 0 Å². The van der Waals surface area contributed by atoms with Gasteiger partial charge in [-0.25, -0.2) is 0 Å². The quantitative estimate of drug-likeness (QED) is 0.181. The van der Waals surface area contributed by atoms with Crippen LogP contribution in [0.15, 0.2) is 42.6 Å². The van der Waals surface area contributed by atoms with E-state index in [9.17, 15) is 0 Å². The van der Waals surface area contributed by atoms with Crippen LogP contribution in [0.5, 0.6) is 5.75 Å². The number of aromatic nitrogens is 1. The molecule has 0 aliphatic carbocycles. The summed E-state index contributed by atoms with van der Waals surface area (Å²) in [6, 6.07) is 12.8. The van der Waals surface area contributed by atoms with Gasteiger partial charge in [0, 0.05) is 11.8 Å². The van der Waals surface area contributed by atoms with Crippen LogP contribution in [0, 0.1) is 5.92 Å². The first kappa shape index (κ1) is 28.4. The first-order chi connectivity index (χ1) is 16.7. The zero-order valence-electron chi connectivity index (χ0n) is 22.5. The summed E-state index contributed by atoms with van der Waals surface area (Å²) in [5.74, 6) is 1.81. The maximum Gasteiger partial charge on any atom is 0.128 e. The largest absolute Gasteiger partial charge is 0.493 e. The van der Waals surface area contributed by atoms with Crippen LogP contribution < -0.4 is 4.74 Å². The third-order valence-electron chi connectivity index (χ3n) is 7.10. The molecular formula is C32H51NO. The number of ether oxygens (including phenoxy) is 1. The van der Waals surface area contributed by atoms with E-state index in [-0.39, 0.29) is 0 Å². The van der Waals surface area contributed by atoms with E-state index < -0.39 is 0 Å². The predicted octanol–water partition coefficient (Wildman–Crippen LogP) is 10.2. The molecule has 1 atom stereocenters. The highest BCUT2D eigenvalue weighted by molar-refractivity contribution is 5.67. The molecule has 2 rings (SSSR count). The van der Waals surface area contributed by atoms with Crippen LogP contribution in [0.2, 0.25) is 0 Å². The molecule has 1 unspecified atom stereocenters. The highest BCUT2D eigenvalue weighted by Crippen LogP contribution is 2.29. The molecule has 34 heavy (non-hydrogen) atoms. The fraction of sp³-hybridized carbons (Fsp3) is 0.656. The van der Waals surface area contributed by atoms with Gasteiger partial charge in [-0.1, -0.05) is 116 Å². The lowest BCUT2D eigenvalue weighted by atomic mass is 10.0. The number of rotatable bonds is 20. The summed E-state index contributed by atoms with van der Waals surface area (Å²) in [5, 5.41) is 0. The summed E-state index contributed by atoms with van der Waals surface area (Å²) in [5.41, 5.74) is 3.55. The summed E-state index contributed by atoms with van der Waals surface area (Å²) in [7, 11) is 0. The van der Waals surface area contributed by atoms with Gasteiger partial charge < -0.3 is 4.74 Å². The van der Waals surface area contributed by atoms with Crippen LogP contribution in [-0.4, -0.2) is 11.6 Å². The van der Waals surface area contributed by atoms with Gasteiger partial charge in [0.2, 0.25) is 0 Å². The number of para-hydroxylation sites is 1. The molecule has 0 aliphatic heterocycles. The molecule has 1 aromatic carbocycles. The predicted molar refractivity (Wildman–Crippen MR) is 149 cm³/mol. The lowest BCUT2D eigenvalue weighted by Crippen LogP contribution is -2.00. The average Bonchev–Trinajstić information content (AvgIpc) is 2.87. The molecule has 0 aliphatic rings. The van der Waals surface area contributed by atoms with Crippen LogP contribution in [0.4, 0.5) is 0 Å². The zero-order valence-corrected chi connectivity index (χ0v) is 22.5. The van der Waals surface area contributed by atoms with Gasteiger partial charge in [0.1, 0.15) is 5.75 Å². The molecule has 2 aromatic rings. The molecule has 2 nitrogen and oxygen atoms in total. The lowest BCUT2D eigenvalue weighted by molar-refractivity contribution is 0.303. The van der Waals surface area contributed by atoms with Gasteiger partial charge in [-0.05, 0) is 55.0 Å². The van der Waals surface area contributed by atoms with Gasteiger partial charge in [-0.15, -0.1) is 0 Å². The third kappa shape index (κ3) is 12.0. The highest BCUT2D eigenvalue weighted by atomic mass is 16.5. The van der Waals surface area contributed by atoms with E-state index in [1.165, 1.54) is 95.5 Å². The molecule has 1 aromatic heterocycles. The Labute approximate surface area is 210 Å². The van der Waals surface area contributed by atoms with E-state index in [4.69, 9.17) is 4.74 Å². The Morgan fingerprint density at radius 3 is 2.18 bits per heavy atom. The van der Waals surface area contributed by atoms with Crippen LogP contribution in [0.25, 0.3) is 11.3 Å². The van der Waals surface area contributed by atoms with Crippen LogP contribution >= 0.6 is 0 Å². The van der Waals surface area contributed by atoms with Gasteiger partial charge >= 0.3 is 0 Å². The topological polar surface area (TPSA) is 22.1 Å². The minimum atomic E-state index is 0.788. The molecule has 0 N–H and O–H groups in total. The standard InChI is InChI=1S/C32H51NO/c1-4-6-7-8-9-10-11-12-13-16-21-29-24-25-33-31(27-29)30-22-17-18-23-32(30)34-26-19-14-15-20-28(3)5-2/h17-18,22-25,27-28H,4-16,19-21,26H2,1-3H3. The smallest absolute Gasteiger partial charge is 0.128 e. The monoisotopic (exact) mass is 465 g/mol. The maximum atomic E-state index is 6.19. The fourth-order valence-corrected chi connectivity index (χ4v) is 4.56. The number of pyridine rings is 1. The Bertz CT molecular complexity index is 756. The van der Waals surface area contributed by atoms with Gasteiger partial charge in [-0.3, -0.25) is 4.98 Å². The summed E-state index contributed by atoms with van der Waals surface area (Å²) in [6.45, 7) is 7.71. The number of nitrogens with zero attached hydrogens (tertiary/aromatic N) is 1. The second kappa shape index (κ2) is 18.5. The van der Waals surface area contributed by atoms with E-state index in [1.807, 2.05) is 6.20 Å². The van der Waals surface area contributed by atoms with Crippen molar-refractivity contribution in [3.63, 3.8) is 0 Å². The molecule has 0 spiro atoms. The molecule has 0 fully saturated rings. The molecule has 0 amide bonds. The minimum Gasteiger partial charge on any atom is -0.493 e. The van der Waals surface area contributed by atoms with Crippen molar-refractivity contribution in [2.45, 2.75) is 124 Å². The van der Waals surface area contributed by atoms with Crippen LogP contribution in [0.1, 0.15) is 123 Å². The molecule has 0 saturated heterocycles. The van der Waals surface area contributed by atoms with Crippen molar-refractivity contribution < 1.29 is 4.74 Å². The Hall–Kier alpha value is -1.83. The number of aryl methyl sites for hydroxylation is 1. The van der Waals surface area contributed by atoms with E-state index in [0.717, 1.165) is 42.4 Å². The van der Waals surface area contributed by atoms with E-state index >= 15 is 0 Å². The first-order valence-corrected chi connectivity index (χ1v) is 14.4. The fourth-order valence-electron chi connectivity index (χ4n) is 4.56. The molecule has 190 valence electrons. The molecule has 2 heteroatoms. The molecular weight excluding hydrogens is 414 g/mol. The van der Waals surface area contributed by atoms with Gasteiger partial charge in [-0.2, -0.15) is 0 Å². The van der Waals surface area contributed by atoms with Crippen molar-refractivity contribution in [3.05, 3.63) is 48.2 Å². The number of hydrogen-bond acceptors (Lipinski definition) is 2. The van der Waals surface area contributed by atoms with Crippen molar-refractivity contribution in [2.24, 2.45) is 5.92 Å². The number of hydrogen-bond donors (Lipinski definition) is 0. The van der Waals surface area contributed by atoms with Crippen LogP contribution in [0.3, 0.4) is 0 Å². The lowest BCUT2D eigenvalue weighted by Gasteiger charge is -2.12. The minimum absolute atomic E-state index is 0.788. The summed E-state index contributed by atoms with van der Waals surface area (Å²) in [6.07, 6.45) is 23.2. The maximum absolute atomic E-state index is 6.19. The molecule has 1 heterocycles. The van der Waals surface area contributed by atoms with Crippen LogP contribution in [-0.2, 0) is 6.42 Å². The Morgan fingerprint density at radius 2 is 1.44 bits per heavy atom. The molecule has 0 radical (unpaired) electrons. The summed E-state index contributed by atoms with van der Waals surface area (Å²) >= 11 is 0. The Kier molecular flexibility index (Phi) is 15.5. The first-order valence-electron chi connectivity index (χ1n) is 14.4. The SMILES string of the molecule is CCCCCCCCCCCCc1ccnc(-c2ccccc2OCCCCCC(C)CC)c1. The highest BCUT2D eigenvalue weighted by Gasteiger charge is 2.08. The van der Waals surface area contributed by atoms with Crippen molar-refractivity contribution in [1.82, 2.24) is 4.98 Å². The summed E-state index contributed by atoms with van der Waals surface area (Å²) < 4.78 is 6.19. The molecule has 0 saturated carbocycles. The second-order valence-electron chi connectivity index (χ2n) is 10.2. The Balaban J connectivity index is 1.72. The Morgan fingerprint density at radius 1 is 0.765 bits per heavy atom. The summed E-state index contributed by atoms with van der Waals surface area (Å²) in [4.78, 5) is 4.68.